The molecule has 0 heterocycles. The summed E-state index contributed by atoms with van der Waals surface area (Å²) in [7, 11) is 1.80. The third-order valence-corrected chi connectivity index (χ3v) is 3.06. The van der Waals surface area contributed by atoms with Gasteiger partial charge in [-0.05, 0) is 43.3 Å². The lowest BCUT2D eigenvalue weighted by Crippen LogP contribution is -2.17. The third-order valence-electron chi connectivity index (χ3n) is 3.06. The number of halogens is 2. The molecule has 100 valence electrons. The number of nitrogens with two attached hydrogens (primary N) is 1. The summed E-state index contributed by atoms with van der Waals surface area (Å²) in [6, 6.07) is 10.4. The number of anilines is 2. The predicted octanol–water partition coefficient (Wildman–Crippen LogP) is 3.75. The summed E-state index contributed by atoms with van der Waals surface area (Å²) in [6.45, 7) is 1.74. The lowest BCUT2D eigenvalue weighted by Gasteiger charge is -2.24. The summed E-state index contributed by atoms with van der Waals surface area (Å²) in [5.74, 6) is -0.634. The van der Waals surface area contributed by atoms with Crippen molar-refractivity contribution in [3.05, 3.63) is 59.7 Å². The van der Waals surface area contributed by atoms with Crippen molar-refractivity contribution in [2.45, 2.75) is 13.0 Å². The van der Waals surface area contributed by atoms with E-state index in [0.717, 1.165) is 5.69 Å². The Kier molecular flexibility index (Phi) is 3.81. The first-order valence-corrected chi connectivity index (χ1v) is 6.04. The highest BCUT2D eigenvalue weighted by Gasteiger charge is 2.16. The zero-order chi connectivity index (χ0) is 14.0. The van der Waals surface area contributed by atoms with E-state index >= 15 is 0 Å². The van der Waals surface area contributed by atoms with Gasteiger partial charge in [-0.1, -0.05) is 6.07 Å². The zero-order valence-corrected chi connectivity index (χ0v) is 10.9. The Hall–Kier alpha value is -1.94. The fraction of sp³-hybridized carbons (Fsp3) is 0.200. The van der Waals surface area contributed by atoms with Gasteiger partial charge in [-0.15, -0.1) is 0 Å². The van der Waals surface area contributed by atoms with Crippen molar-refractivity contribution in [3.8, 4) is 0 Å². The van der Waals surface area contributed by atoms with Gasteiger partial charge in [-0.2, -0.15) is 0 Å². The molecule has 1 atom stereocenters. The van der Waals surface area contributed by atoms with Crippen LogP contribution in [0.5, 0.6) is 0 Å². The maximum atomic E-state index is 13.9. The summed E-state index contributed by atoms with van der Waals surface area (Å²) in [4.78, 5) is 1.79. The number of hydrogen-bond donors (Lipinski definition) is 1. The van der Waals surface area contributed by atoms with Gasteiger partial charge >= 0.3 is 0 Å². The molecule has 0 saturated heterocycles. The van der Waals surface area contributed by atoms with Gasteiger partial charge in [0, 0.05) is 30.0 Å². The Balaban J connectivity index is 2.46. The van der Waals surface area contributed by atoms with Crippen LogP contribution in [0.4, 0.5) is 20.2 Å². The summed E-state index contributed by atoms with van der Waals surface area (Å²) in [5.41, 5.74) is 7.74. The van der Waals surface area contributed by atoms with Gasteiger partial charge in [-0.25, -0.2) is 8.78 Å². The minimum Gasteiger partial charge on any atom is -0.344 e. The van der Waals surface area contributed by atoms with Crippen molar-refractivity contribution in [2.75, 3.05) is 11.9 Å². The Morgan fingerprint density at radius 3 is 2.26 bits per heavy atom. The quantitative estimate of drug-likeness (QED) is 0.912. The third kappa shape index (κ3) is 2.74. The summed E-state index contributed by atoms with van der Waals surface area (Å²) in [6.07, 6.45) is 0. The van der Waals surface area contributed by atoms with Gasteiger partial charge in [0.05, 0.1) is 0 Å². The van der Waals surface area contributed by atoms with E-state index in [4.69, 9.17) is 5.73 Å². The zero-order valence-electron chi connectivity index (χ0n) is 10.9. The van der Waals surface area contributed by atoms with Crippen molar-refractivity contribution in [1.82, 2.24) is 0 Å². The van der Waals surface area contributed by atoms with Gasteiger partial charge in [0.25, 0.3) is 0 Å². The summed E-state index contributed by atoms with van der Waals surface area (Å²) >= 11 is 0. The van der Waals surface area contributed by atoms with Gasteiger partial charge in [0.2, 0.25) is 0 Å². The van der Waals surface area contributed by atoms with E-state index in [-0.39, 0.29) is 11.6 Å². The first-order valence-electron chi connectivity index (χ1n) is 6.04. The van der Waals surface area contributed by atoms with E-state index in [1.54, 1.807) is 43.1 Å². The van der Waals surface area contributed by atoms with Crippen LogP contribution in [0.3, 0.4) is 0 Å². The minimum absolute atomic E-state index is 0.302. The maximum absolute atomic E-state index is 13.9. The van der Waals surface area contributed by atoms with Gasteiger partial charge < -0.3 is 10.6 Å². The van der Waals surface area contributed by atoms with E-state index < -0.39 is 6.04 Å². The van der Waals surface area contributed by atoms with Crippen LogP contribution in [0.2, 0.25) is 0 Å². The molecule has 2 rings (SSSR count). The molecule has 0 aliphatic rings. The Morgan fingerprint density at radius 2 is 1.68 bits per heavy atom. The first-order chi connectivity index (χ1) is 9.00. The van der Waals surface area contributed by atoms with Crippen LogP contribution >= 0.6 is 0 Å². The van der Waals surface area contributed by atoms with Crippen molar-refractivity contribution < 1.29 is 8.78 Å². The molecule has 0 amide bonds. The van der Waals surface area contributed by atoms with Crippen molar-refractivity contribution in [1.29, 1.82) is 0 Å². The summed E-state index contributed by atoms with van der Waals surface area (Å²) in [5, 5.41) is 0. The molecular weight excluding hydrogens is 246 g/mol. The number of rotatable bonds is 3. The maximum Gasteiger partial charge on any atom is 0.130 e. The second kappa shape index (κ2) is 5.36. The predicted molar refractivity (Wildman–Crippen MR) is 73.5 cm³/mol. The molecule has 2 aromatic rings. The Bertz CT molecular complexity index is 565. The van der Waals surface area contributed by atoms with E-state index in [9.17, 15) is 8.78 Å². The average molecular weight is 262 g/mol. The molecule has 19 heavy (non-hydrogen) atoms. The van der Waals surface area contributed by atoms with Crippen LogP contribution in [-0.4, -0.2) is 7.05 Å². The highest BCUT2D eigenvalue weighted by atomic mass is 19.1. The molecule has 0 radical (unpaired) electrons. The molecule has 0 aliphatic carbocycles. The van der Waals surface area contributed by atoms with Crippen molar-refractivity contribution in [2.24, 2.45) is 5.73 Å². The SMILES string of the molecule is CC(N)c1c(F)cccc1N(C)c1ccc(F)cc1. The van der Waals surface area contributed by atoms with Gasteiger partial charge in [0.1, 0.15) is 11.6 Å². The van der Waals surface area contributed by atoms with E-state index in [0.29, 0.717) is 11.3 Å². The largest absolute Gasteiger partial charge is 0.344 e. The second-order valence-corrected chi connectivity index (χ2v) is 4.50. The molecule has 2 aromatic carbocycles. The normalized spacial score (nSPS) is 12.3. The molecule has 0 aromatic heterocycles. The van der Waals surface area contributed by atoms with Crippen LogP contribution in [0.1, 0.15) is 18.5 Å². The number of hydrogen-bond acceptors (Lipinski definition) is 2. The second-order valence-electron chi connectivity index (χ2n) is 4.50. The van der Waals surface area contributed by atoms with E-state index in [2.05, 4.69) is 0 Å². The lowest BCUT2D eigenvalue weighted by atomic mass is 10.0. The standard InChI is InChI=1S/C15H16F2N2/c1-10(18)15-13(17)4-3-5-14(15)19(2)12-8-6-11(16)7-9-12/h3-10H,18H2,1-2H3. The molecule has 2 N–H and O–H groups in total. The number of benzene rings is 2. The van der Waals surface area contributed by atoms with Gasteiger partial charge in [-0.3, -0.25) is 0 Å². The topological polar surface area (TPSA) is 29.3 Å². The summed E-state index contributed by atoms with van der Waals surface area (Å²) < 4.78 is 26.8. The van der Waals surface area contributed by atoms with E-state index in [1.807, 2.05) is 0 Å². The van der Waals surface area contributed by atoms with Crippen molar-refractivity contribution in [3.63, 3.8) is 0 Å². The molecule has 0 bridgehead atoms. The molecule has 0 aliphatic heterocycles. The Labute approximate surface area is 111 Å². The highest BCUT2D eigenvalue weighted by molar-refractivity contribution is 5.66. The van der Waals surface area contributed by atoms with E-state index in [1.165, 1.54) is 18.2 Å². The smallest absolute Gasteiger partial charge is 0.130 e. The van der Waals surface area contributed by atoms with Crippen LogP contribution in [0, 0.1) is 11.6 Å². The lowest BCUT2D eigenvalue weighted by molar-refractivity contribution is 0.594. The molecule has 1 unspecified atom stereocenters. The minimum atomic E-state index is -0.418. The molecule has 0 fully saturated rings. The molecule has 2 nitrogen and oxygen atoms in total. The van der Waals surface area contributed by atoms with Crippen LogP contribution in [0.25, 0.3) is 0 Å². The Morgan fingerprint density at radius 1 is 1.05 bits per heavy atom. The highest BCUT2D eigenvalue weighted by Crippen LogP contribution is 2.31. The molecule has 4 heteroatoms. The van der Waals surface area contributed by atoms with Crippen molar-refractivity contribution >= 4 is 11.4 Å². The van der Waals surface area contributed by atoms with Gasteiger partial charge in [0.15, 0.2) is 0 Å². The molecular formula is C15H16F2N2. The number of nitrogens with zero attached hydrogens (tertiary/aromatic N) is 1. The fourth-order valence-electron chi connectivity index (χ4n) is 2.07. The van der Waals surface area contributed by atoms with Crippen LogP contribution < -0.4 is 10.6 Å². The first kappa shape index (κ1) is 13.5. The van der Waals surface area contributed by atoms with Crippen LogP contribution in [0.15, 0.2) is 42.5 Å². The average Bonchev–Trinajstić information content (AvgIpc) is 2.38. The fourth-order valence-corrected chi connectivity index (χ4v) is 2.07. The molecule has 0 spiro atoms. The monoisotopic (exact) mass is 262 g/mol. The molecule has 0 saturated carbocycles. The van der Waals surface area contributed by atoms with Crippen LogP contribution in [-0.2, 0) is 0 Å².